The molecule has 6 aliphatic rings. The highest BCUT2D eigenvalue weighted by molar-refractivity contribution is 6.25. The largest absolute Gasteiger partial charge is 0.457 e. The highest BCUT2D eigenvalue weighted by Gasteiger charge is 2.45. The summed E-state index contributed by atoms with van der Waals surface area (Å²) in [5.74, 6) is 0.435. The van der Waals surface area contributed by atoms with E-state index in [4.69, 9.17) is 21.2 Å². The van der Waals surface area contributed by atoms with Gasteiger partial charge in [-0.15, -0.1) is 0 Å². The standard InChI is InChI=1S/C48H57N9O6/c49-43(32-8-13-36(14-9-32)63-35-4-2-1-3-5-35)42(44(50)59)45-51-21-18-39(52-45)31-6-10-33(11-7-31)56-26-24-54(25-27-56)29-30-19-22-55(23-20-30)34-12-15-37-38(28-34)48(62)57(47(37)61)40-16-17-41(58)53-46(40)60/h1-5,8-9,12-15,28,30-31,33,39-40H,6-7,10-11,16-27,29,49H2,(H2,50,59)(H,51,52)(H,53,58,60)/t31?,33?,39-,40?/m0/s1. The number of para-hydroxylation sites is 1. The number of amides is 5. The molecule has 4 fully saturated rings. The molecule has 3 aromatic carbocycles. The molecule has 330 valence electrons. The van der Waals surface area contributed by atoms with Gasteiger partial charge in [-0.2, -0.15) is 0 Å². The average molecular weight is 856 g/mol. The Kier molecular flexibility index (Phi) is 12.3. The van der Waals surface area contributed by atoms with Gasteiger partial charge < -0.3 is 31.3 Å². The van der Waals surface area contributed by atoms with Crippen molar-refractivity contribution in [2.24, 2.45) is 28.3 Å². The number of carbonyl (C=O) groups is 5. The Morgan fingerprint density at radius 1 is 0.746 bits per heavy atom. The number of ether oxygens (including phenoxy) is 1. The van der Waals surface area contributed by atoms with Crippen molar-refractivity contribution in [3.63, 3.8) is 0 Å². The summed E-state index contributed by atoms with van der Waals surface area (Å²) in [6, 6.07) is 22.1. The molecule has 9 rings (SSSR count). The summed E-state index contributed by atoms with van der Waals surface area (Å²) in [4.78, 5) is 76.8. The van der Waals surface area contributed by atoms with E-state index in [9.17, 15) is 24.0 Å². The van der Waals surface area contributed by atoms with Crippen LogP contribution in [-0.2, 0) is 14.4 Å². The molecule has 3 aromatic rings. The number of amidine groups is 1. The van der Waals surface area contributed by atoms with Crippen molar-refractivity contribution in [1.29, 1.82) is 0 Å². The second kappa shape index (κ2) is 18.3. The average Bonchev–Trinajstić information content (AvgIpc) is 3.55. The third-order valence-corrected chi connectivity index (χ3v) is 14.1. The van der Waals surface area contributed by atoms with Gasteiger partial charge >= 0.3 is 0 Å². The van der Waals surface area contributed by atoms with Crippen LogP contribution in [0.4, 0.5) is 5.69 Å². The first-order valence-corrected chi connectivity index (χ1v) is 22.6. The quantitative estimate of drug-likeness (QED) is 0.161. The second-order valence-corrected chi connectivity index (χ2v) is 17.9. The van der Waals surface area contributed by atoms with E-state index < -0.39 is 29.7 Å². The predicted molar refractivity (Wildman–Crippen MR) is 239 cm³/mol. The molecule has 5 heterocycles. The van der Waals surface area contributed by atoms with Gasteiger partial charge in [0.2, 0.25) is 11.8 Å². The molecule has 0 radical (unpaired) electrons. The Morgan fingerprint density at radius 3 is 2.14 bits per heavy atom. The number of imide groups is 2. The first-order chi connectivity index (χ1) is 30.6. The SMILES string of the molecule is NC(=O)C(C1=NCC[C@@H](C2CCC(N3CCN(CC4CCN(c5ccc6c(c5)C(=O)N(C5CCC(=O)NC5=O)C6=O)CC4)CC3)CC2)N1)=C(N)c1ccc(Oc2ccccc2)cc1. The fourth-order valence-corrected chi connectivity index (χ4v) is 10.5. The second-order valence-electron chi connectivity index (χ2n) is 17.9. The van der Waals surface area contributed by atoms with Crippen LogP contribution < -0.4 is 31.7 Å². The van der Waals surface area contributed by atoms with E-state index in [2.05, 4.69) is 25.3 Å². The highest BCUT2D eigenvalue weighted by Crippen LogP contribution is 2.35. The van der Waals surface area contributed by atoms with Crippen molar-refractivity contribution in [2.75, 3.05) is 57.3 Å². The molecule has 5 aliphatic heterocycles. The number of fused-ring (bicyclic) bond motifs is 1. The molecule has 3 saturated heterocycles. The molecular formula is C48H57N9O6. The molecular weight excluding hydrogens is 799 g/mol. The zero-order valence-electron chi connectivity index (χ0n) is 35.7. The lowest BCUT2D eigenvalue weighted by molar-refractivity contribution is -0.136. The molecule has 0 bridgehead atoms. The van der Waals surface area contributed by atoms with Crippen LogP contribution in [-0.4, -0.2) is 121 Å². The van der Waals surface area contributed by atoms with Crippen LogP contribution >= 0.6 is 0 Å². The molecule has 15 nitrogen and oxygen atoms in total. The fraction of sp³-hybridized carbons (Fsp3) is 0.458. The number of aliphatic imine (C=N–C) groups is 1. The van der Waals surface area contributed by atoms with E-state index in [1.54, 1.807) is 12.1 Å². The normalized spacial score (nSPS) is 25.5. The third kappa shape index (κ3) is 9.07. The number of rotatable bonds is 11. The number of primary amides is 1. The molecule has 63 heavy (non-hydrogen) atoms. The van der Waals surface area contributed by atoms with Crippen molar-refractivity contribution in [3.05, 3.63) is 95.1 Å². The molecule has 0 aromatic heterocycles. The van der Waals surface area contributed by atoms with Gasteiger partial charge in [0, 0.05) is 76.5 Å². The number of benzene rings is 3. The monoisotopic (exact) mass is 855 g/mol. The summed E-state index contributed by atoms with van der Waals surface area (Å²) in [6.07, 6.45) is 7.82. The summed E-state index contributed by atoms with van der Waals surface area (Å²) in [6.45, 7) is 7.76. The molecule has 1 aliphatic carbocycles. The minimum absolute atomic E-state index is 0.0989. The van der Waals surface area contributed by atoms with Gasteiger partial charge in [-0.25, -0.2) is 0 Å². The topological polar surface area (TPSA) is 196 Å². The maximum absolute atomic E-state index is 13.4. The Hall–Kier alpha value is -6.06. The van der Waals surface area contributed by atoms with E-state index in [1.807, 2.05) is 60.7 Å². The summed E-state index contributed by atoms with van der Waals surface area (Å²) in [5, 5.41) is 5.85. The lowest BCUT2D eigenvalue weighted by Crippen LogP contribution is -2.54. The van der Waals surface area contributed by atoms with Crippen LogP contribution in [0.15, 0.2) is 83.4 Å². The van der Waals surface area contributed by atoms with E-state index in [1.165, 1.54) is 0 Å². The molecule has 1 saturated carbocycles. The fourth-order valence-electron chi connectivity index (χ4n) is 10.5. The summed E-state index contributed by atoms with van der Waals surface area (Å²) in [5.41, 5.74) is 15.3. The van der Waals surface area contributed by atoms with E-state index >= 15 is 0 Å². The van der Waals surface area contributed by atoms with Crippen LogP contribution in [0.1, 0.15) is 84.1 Å². The van der Waals surface area contributed by atoms with Crippen LogP contribution in [0.3, 0.4) is 0 Å². The number of hydrogen-bond donors (Lipinski definition) is 4. The summed E-state index contributed by atoms with van der Waals surface area (Å²) < 4.78 is 5.93. The van der Waals surface area contributed by atoms with Crippen molar-refractivity contribution < 1.29 is 28.7 Å². The van der Waals surface area contributed by atoms with Gasteiger partial charge in [0.05, 0.1) is 16.8 Å². The Morgan fingerprint density at radius 2 is 1.44 bits per heavy atom. The number of piperidine rings is 2. The third-order valence-electron chi connectivity index (χ3n) is 14.1. The van der Waals surface area contributed by atoms with Gasteiger partial charge in [0.15, 0.2) is 0 Å². The zero-order valence-corrected chi connectivity index (χ0v) is 35.7. The van der Waals surface area contributed by atoms with Gasteiger partial charge in [-0.1, -0.05) is 18.2 Å². The van der Waals surface area contributed by atoms with Crippen molar-refractivity contribution >= 4 is 46.8 Å². The first-order valence-electron chi connectivity index (χ1n) is 22.6. The van der Waals surface area contributed by atoms with Gasteiger partial charge in [0.25, 0.3) is 17.7 Å². The maximum atomic E-state index is 13.4. The molecule has 2 atom stereocenters. The Bertz CT molecular complexity index is 2290. The molecule has 6 N–H and O–H groups in total. The molecule has 15 heteroatoms. The number of carbonyl (C=O) groups excluding carboxylic acids is 5. The van der Waals surface area contributed by atoms with Gasteiger partial charge in [-0.05, 0) is 123 Å². The molecule has 5 amide bonds. The number of nitrogens with two attached hydrogens (primary N) is 2. The number of nitrogens with zero attached hydrogens (tertiary/aromatic N) is 5. The van der Waals surface area contributed by atoms with Crippen molar-refractivity contribution in [1.82, 2.24) is 25.3 Å². The van der Waals surface area contributed by atoms with Gasteiger partial charge in [-0.3, -0.25) is 44.1 Å². The molecule has 1 unspecified atom stereocenters. The lowest BCUT2D eigenvalue weighted by Gasteiger charge is -2.44. The smallest absolute Gasteiger partial charge is 0.262 e. The maximum Gasteiger partial charge on any atom is 0.262 e. The highest BCUT2D eigenvalue weighted by atomic mass is 16.5. The predicted octanol–water partition coefficient (Wildman–Crippen LogP) is 3.89. The van der Waals surface area contributed by atoms with Crippen molar-refractivity contribution in [2.45, 2.75) is 75.9 Å². The lowest BCUT2D eigenvalue weighted by atomic mass is 9.79. The van der Waals surface area contributed by atoms with Crippen LogP contribution in [0.5, 0.6) is 11.5 Å². The van der Waals surface area contributed by atoms with Gasteiger partial charge in [0.1, 0.15) is 28.9 Å². The van der Waals surface area contributed by atoms with E-state index in [-0.39, 0.29) is 30.4 Å². The Balaban J connectivity index is 0.714. The zero-order chi connectivity index (χ0) is 43.6. The number of hydrogen-bond acceptors (Lipinski definition) is 12. The summed E-state index contributed by atoms with van der Waals surface area (Å²) >= 11 is 0. The molecule has 0 spiro atoms. The Labute approximate surface area is 367 Å². The van der Waals surface area contributed by atoms with Crippen LogP contribution in [0.25, 0.3) is 5.70 Å². The minimum Gasteiger partial charge on any atom is -0.457 e. The van der Waals surface area contributed by atoms with Crippen LogP contribution in [0.2, 0.25) is 0 Å². The van der Waals surface area contributed by atoms with Crippen molar-refractivity contribution in [3.8, 4) is 11.5 Å². The number of anilines is 1. The van der Waals surface area contributed by atoms with E-state index in [0.29, 0.717) is 58.4 Å². The number of piperazine rings is 1. The number of nitrogens with one attached hydrogen (secondary N) is 2. The van der Waals surface area contributed by atoms with Crippen LogP contribution in [0, 0.1) is 11.8 Å². The minimum atomic E-state index is -0.964. The summed E-state index contributed by atoms with van der Waals surface area (Å²) in [7, 11) is 0. The first kappa shape index (κ1) is 42.3. The van der Waals surface area contributed by atoms with E-state index in [0.717, 1.165) is 107 Å².